The Morgan fingerprint density at radius 2 is 1.13 bits per heavy atom. The zero-order valence-corrected chi connectivity index (χ0v) is 23.7. The summed E-state index contributed by atoms with van der Waals surface area (Å²) in [5, 5.41) is 27.4. The third-order valence-electron chi connectivity index (χ3n) is 6.78. The van der Waals surface area contributed by atoms with Gasteiger partial charge in [0.15, 0.2) is 0 Å². The molecule has 0 bridgehead atoms. The van der Waals surface area contributed by atoms with Crippen LogP contribution in [0.15, 0.2) is 72.8 Å². The lowest BCUT2D eigenvalue weighted by molar-refractivity contribution is -0.112. The first-order valence-electron chi connectivity index (χ1n) is 13.2. The van der Waals surface area contributed by atoms with E-state index in [0.717, 1.165) is 42.0 Å². The van der Waals surface area contributed by atoms with Crippen molar-refractivity contribution in [1.82, 2.24) is 0 Å². The van der Waals surface area contributed by atoms with Crippen molar-refractivity contribution in [2.45, 2.75) is 65.2 Å². The largest absolute Gasteiger partial charge is 0.508 e. The molecule has 3 aromatic carbocycles. The Bertz CT molecular complexity index is 1150. The summed E-state index contributed by atoms with van der Waals surface area (Å²) in [5.41, 5.74) is 2.36. The minimum absolute atomic E-state index is 0.0689. The highest BCUT2D eigenvalue weighted by molar-refractivity contribution is 5.68. The fraction of sp³-hybridized carbons (Fsp3) is 0.364. The zero-order valence-electron chi connectivity index (χ0n) is 23.7. The molecule has 3 rings (SSSR count). The minimum Gasteiger partial charge on any atom is -0.508 e. The summed E-state index contributed by atoms with van der Waals surface area (Å²) < 4.78 is 0. The lowest BCUT2D eigenvalue weighted by Gasteiger charge is -2.21. The van der Waals surface area contributed by atoms with Gasteiger partial charge in [-0.15, -0.1) is 0 Å². The van der Waals surface area contributed by atoms with E-state index in [1.165, 1.54) is 0 Å². The van der Waals surface area contributed by atoms with E-state index < -0.39 is 5.41 Å². The standard InChI is InChI=1S/3C11H14O2/c1-8(2)11(7-12)9-3-5-10(13)6-4-9;1-8(2)11(7-12)9-4-3-5-10(13)6-9;1-3-11(2,8-12)9-4-6-10(13)7-5-9/h2*3-8,11,13H,1-2H3;4-8,13H,3H2,1-2H3. The summed E-state index contributed by atoms with van der Waals surface area (Å²) >= 11 is 0. The monoisotopic (exact) mass is 534 g/mol. The number of carbonyl (C=O) groups excluding carboxylic acids is 3. The molecular weight excluding hydrogens is 492 g/mol. The molecule has 3 aromatic rings. The summed E-state index contributed by atoms with van der Waals surface area (Å²) in [6, 6.07) is 20.4. The predicted octanol–water partition coefficient (Wildman–Crippen LogP) is 6.92. The van der Waals surface area contributed by atoms with Gasteiger partial charge in [-0.2, -0.15) is 0 Å². The first kappa shape index (κ1) is 33.1. The smallest absolute Gasteiger partial charge is 0.130 e. The lowest BCUT2D eigenvalue weighted by Crippen LogP contribution is -2.22. The summed E-state index contributed by atoms with van der Waals surface area (Å²) in [6.07, 6.45) is 3.61. The van der Waals surface area contributed by atoms with Crippen LogP contribution in [0.2, 0.25) is 0 Å². The molecule has 0 aliphatic carbocycles. The maximum Gasteiger partial charge on any atom is 0.130 e. The quantitative estimate of drug-likeness (QED) is 0.257. The van der Waals surface area contributed by atoms with E-state index in [0.29, 0.717) is 5.92 Å². The Kier molecular flexibility index (Phi) is 13.7. The van der Waals surface area contributed by atoms with Crippen LogP contribution in [0.5, 0.6) is 17.2 Å². The van der Waals surface area contributed by atoms with E-state index in [2.05, 4.69) is 0 Å². The topological polar surface area (TPSA) is 112 Å². The fourth-order valence-electron chi connectivity index (χ4n) is 3.87. The van der Waals surface area contributed by atoms with Crippen LogP contribution in [0, 0.1) is 11.8 Å². The van der Waals surface area contributed by atoms with E-state index in [1.807, 2.05) is 47.6 Å². The van der Waals surface area contributed by atoms with Crippen LogP contribution in [-0.2, 0) is 19.8 Å². The third kappa shape index (κ3) is 10.4. The van der Waals surface area contributed by atoms with Crippen molar-refractivity contribution >= 4 is 18.9 Å². The van der Waals surface area contributed by atoms with E-state index in [-0.39, 0.29) is 35.0 Å². The Morgan fingerprint density at radius 1 is 0.667 bits per heavy atom. The van der Waals surface area contributed by atoms with Crippen LogP contribution in [0.25, 0.3) is 0 Å². The lowest BCUT2D eigenvalue weighted by atomic mass is 9.82. The summed E-state index contributed by atoms with van der Waals surface area (Å²) in [6.45, 7) is 11.9. The molecule has 0 aromatic heterocycles. The molecule has 39 heavy (non-hydrogen) atoms. The van der Waals surface area contributed by atoms with Crippen molar-refractivity contribution in [1.29, 1.82) is 0 Å². The number of phenols is 3. The zero-order chi connectivity index (χ0) is 29.6. The van der Waals surface area contributed by atoms with Crippen LogP contribution in [0.4, 0.5) is 0 Å². The van der Waals surface area contributed by atoms with Gasteiger partial charge in [0.1, 0.15) is 36.1 Å². The Balaban J connectivity index is 0.000000292. The van der Waals surface area contributed by atoms with E-state index in [4.69, 9.17) is 10.2 Å². The van der Waals surface area contributed by atoms with Crippen molar-refractivity contribution < 1.29 is 29.7 Å². The molecule has 6 heteroatoms. The molecule has 0 spiro atoms. The van der Waals surface area contributed by atoms with Crippen molar-refractivity contribution in [3.8, 4) is 17.2 Å². The van der Waals surface area contributed by atoms with Crippen LogP contribution in [0.1, 0.15) is 76.5 Å². The molecule has 0 radical (unpaired) electrons. The molecule has 210 valence electrons. The SMILES string of the molecule is CC(C)C(C=O)c1ccc(O)cc1.CC(C)C(C=O)c1cccc(O)c1.CCC(C)(C=O)c1ccc(O)cc1. The minimum atomic E-state index is -0.423. The second kappa shape index (κ2) is 16.1. The first-order valence-corrected chi connectivity index (χ1v) is 13.2. The average Bonchev–Trinajstić information content (AvgIpc) is 2.91. The van der Waals surface area contributed by atoms with Crippen LogP contribution in [-0.4, -0.2) is 34.2 Å². The van der Waals surface area contributed by atoms with E-state index in [9.17, 15) is 19.5 Å². The van der Waals surface area contributed by atoms with Crippen LogP contribution < -0.4 is 0 Å². The van der Waals surface area contributed by atoms with Gasteiger partial charge in [-0.3, -0.25) is 0 Å². The van der Waals surface area contributed by atoms with Gasteiger partial charge in [0.05, 0.1) is 0 Å². The van der Waals surface area contributed by atoms with Crippen molar-refractivity contribution in [2.24, 2.45) is 11.8 Å². The maximum absolute atomic E-state index is 10.9. The van der Waals surface area contributed by atoms with Gasteiger partial charge in [0.25, 0.3) is 0 Å². The third-order valence-corrected chi connectivity index (χ3v) is 6.78. The molecule has 3 N–H and O–H groups in total. The highest BCUT2D eigenvalue weighted by Crippen LogP contribution is 2.27. The second-order valence-corrected chi connectivity index (χ2v) is 10.4. The van der Waals surface area contributed by atoms with Gasteiger partial charge in [-0.1, -0.05) is 71.0 Å². The normalized spacial score (nSPS) is 13.5. The second-order valence-electron chi connectivity index (χ2n) is 10.4. The molecule has 0 amide bonds. The van der Waals surface area contributed by atoms with Gasteiger partial charge >= 0.3 is 0 Å². The van der Waals surface area contributed by atoms with Crippen molar-refractivity contribution in [3.05, 3.63) is 89.5 Å². The molecule has 3 unspecified atom stereocenters. The molecule has 0 aliphatic heterocycles. The van der Waals surface area contributed by atoms with E-state index in [1.54, 1.807) is 66.7 Å². The molecule has 0 heterocycles. The number of aldehydes is 3. The number of aromatic hydroxyl groups is 3. The fourth-order valence-corrected chi connectivity index (χ4v) is 3.87. The van der Waals surface area contributed by atoms with Gasteiger partial charge in [0, 0.05) is 17.3 Å². The van der Waals surface area contributed by atoms with Gasteiger partial charge in [-0.25, -0.2) is 0 Å². The molecule has 0 saturated heterocycles. The predicted molar refractivity (Wildman–Crippen MR) is 155 cm³/mol. The van der Waals surface area contributed by atoms with Crippen LogP contribution >= 0.6 is 0 Å². The van der Waals surface area contributed by atoms with Crippen molar-refractivity contribution in [2.75, 3.05) is 0 Å². The number of carbonyl (C=O) groups is 3. The van der Waals surface area contributed by atoms with Gasteiger partial charge in [-0.05, 0) is 78.3 Å². The Hall–Kier alpha value is -3.93. The number of hydrogen-bond donors (Lipinski definition) is 3. The number of phenolic OH excluding ortho intramolecular Hbond substituents is 3. The van der Waals surface area contributed by atoms with Gasteiger partial charge < -0.3 is 29.7 Å². The van der Waals surface area contributed by atoms with Gasteiger partial charge in [0.2, 0.25) is 0 Å². The number of benzene rings is 3. The number of hydrogen-bond acceptors (Lipinski definition) is 6. The highest BCUT2D eigenvalue weighted by atomic mass is 16.3. The molecular formula is C33H42O6. The molecule has 0 fully saturated rings. The van der Waals surface area contributed by atoms with Crippen molar-refractivity contribution in [3.63, 3.8) is 0 Å². The number of rotatable bonds is 9. The maximum atomic E-state index is 10.9. The Morgan fingerprint density at radius 3 is 1.51 bits per heavy atom. The first-order chi connectivity index (χ1) is 18.4. The molecule has 0 saturated carbocycles. The summed E-state index contributed by atoms with van der Waals surface area (Å²) in [4.78, 5) is 32.4. The Labute approximate surface area is 232 Å². The summed E-state index contributed by atoms with van der Waals surface area (Å²) in [7, 11) is 0. The summed E-state index contributed by atoms with van der Waals surface area (Å²) in [5.74, 6) is 1.05. The van der Waals surface area contributed by atoms with Crippen LogP contribution in [0.3, 0.4) is 0 Å². The highest BCUT2D eigenvalue weighted by Gasteiger charge is 2.23. The molecule has 3 atom stereocenters. The average molecular weight is 535 g/mol. The molecule has 0 aliphatic rings. The molecule has 6 nitrogen and oxygen atoms in total. The van der Waals surface area contributed by atoms with E-state index >= 15 is 0 Å².